The summed E-state index contributed by atoms with van der Waals surface area (Å²) < 4.78 is 0. The summed E-state index contributed by atoms with van der Waals surface area (Å²) in [4.78, 5) is 0. The quantitative estimate of drug-likeness (QED) is 0.507. The van der Waals surface area contributed by atoms with E-state index in [1.54, 1.807) is 36.4 Å². The lowest BCUT2D eigenvalue weighted by atomic mass is 9.61. The number of phenolic OH excluding ortho intramolecular Hbond substituents is 3. The minimum absolute atomic E-state index is 0.105. The van der Waals surface area contributed by atoms with Crippen LogP contribution in [0.1, 0.15) is 55.2 Å². The van der Waals surface area contributed by atoms with Gasteiger partial charge in [0.15, 0.2) is 0 Å². The predicted molar refractivity (Wildman–Crippen MR) is 115 cm³/mol. The Labute approximate surface area is 172 Å². The van der Waals surface area contributed by atoms with Crippen molar-refractivity contribution in [3.8, 4) is 17.2 Å². The summed E-state index contributed by atoms with van der Waals surface area (Å²) in [6.07, 6.45) is 4.25. The molecule has 150 valence electrons. The number of hydrogen-bond donors (Lipinski definition) is 3. The van der Waals surface area contributed by atoms with Gasteiger partial charge in [0.25, 0.3) is 0 Å². The minimum Gasteiger partial charge on any atom is -0.508 e. The van der Waals surface area contributed by atoms with Crippen LogP contribution in [-0.4, -0.2) is 15.3 Å². The van der Waals surface area contributed by atoms with E-state index in [0.29, 0.717) is 17.6 Å². The molecular weight excluding hydrogens is 360 g/mol. The van der Waals surface area contributed by atoms with Crippen molar-refractivity contribution in [2.24, 2.45) is 5.92 Å². The highest BCUT2D eigenvalue weighted by molar-refractivity contribution is 5.43. The third-order valence-electron chi connectivity index (χ3n) is 6.85. The average Bonchev–Trinajstić information content (AvgIpc) is 2.75. The van der Waals surface area contributed by atoms with E-state index in [4.69, 9.17) is 0 Å². The topological polar surface area (TPSA) is 60.7 Å². The molecule has 3 aromatic carbocycles. The molecule has 29 heavy (non-hydrogen) atoms. The molecule has 3 heteroatoms. The van der Waals surface area contributed by atoms with Crippen molar-refractivity contribution in [1.82, 2.24) is 0 Å². The van der Waals surface area contributed by atoms with E-state index in [0.717, 1.165) is 25.7 Å². The van der Waals surface area contributed by atoms with Crippen LogP contribution in [-0.2, 0) is 5.41 Å². The number of phenols is 3. The van der Waals surface area contributed by atoms with E-state index in [1.807, 2.05) is 36.4 Å². The fourth-order valence-corrected chi connectivity index (χ4v) is 4.99. The molecular formula is C26H28O3. The monoisotopic (exact) mass is 388 g/mol. The van der Waals surface area contributed by atoms with Crippen molar-refractivity contribution in [2.45, 2.75) is 43.9 Å². The molecule has 0 heterocycles. The number of aromatic hydroxyl groups is 3. The van der Waals surface area contributed by atoms with E-state index in [9.17, 15) is 15.3 Å². The Morgan fingerprint density at radius 1 is 0.655 bits per heavy atom. The zero-order chi connectivity index (χ0) is 20.4. The van der Waals surface area contributed by atoms with Crippen LogP contribution in [0.15, 0.2) is 72.8 Å². The zero-order valence-electron chi connectivity index (χ0n) is 16.8. The predicted octanol–water partition coefficient (Wildman–Crippen LogP) is 6.08. The lowest BCUT2D eigenvalue weighted by Crippen LogP contribution is -2.34. The Hall–Kier alpha value is -2.94. The summed E-state index contributed by atoms with van der Waals surface area (Å²) in [6, 6.07) is 22.8. The van der Waals surface area contributed by atoms with Crippen LogP contribution in [0.25, 0.3) is 0 Å². The van der Waals surface area contributed by atoms with Gasteiger partial charge in [-0.25, -0.2) is 0 Å². The lowest BCUT2D eigenvalue weighted by molar-refractivity contribution is 0.241. The molecule has 1 saturated carbocycles. The van der Waals surface area contributed by atoms with Crippen LogP contribution in [0.4, 0.5) is 0 Å². The fraction of sp³-hybridized carbons (Fsp3) is 0.308. The van der Waals surface area contributed by atoms with Gasteiger partial charge in [-0.05, 0) is 90.6 Å². The van der Waals surface area contributed by atoms with Gasteiger partial charge in [0, 0.05) is 5.41 Å². The zero-order valence-corrected chi connectivity index (χ0v) is 16.8. The van der Waals surface area contributed by atoms with Crippen LogP contribution in [0.2, 0.25) is 0 Å². The molecule has 0 spiro atoms. The van der Waals surface area contributed by atoms with Gasteiger partial charge in [0.2, 0.25) is 0 Å². The smallest absolute Gasteiger partial charge is 0.115 e. The number of hydrogen-bond acceptors (Lipinski definition) is 3. The maximum Gasteiger partial charge on any atom is 0.115 e. The Morgan fingerprint density at radius 2 is 1.03 bits per heavy atom. The molecule has 0 aromatic heterocycles. The normalized spacial score (nSPS) is 17.7. The van der Waals surface area contributed by atoms with Crippen LogP contribution in [0, 0.1) is 5.92 Å². The second-order valence-corrected chi connectivity index (χ2v) is 8.39. The molecule has 0 bridgehead atoms. The second-order valence-electron chi connectivity index (χ2n) is 8.39. The number of rotatable bonds is 4. The first kappa shape index (κ1) is 19.4. The van der Waals surface area contributed by atoms with E-state index >= 15 is 0 Å². The molecule has 3 aromatic rings. The standard InChI is InChI=1S/C26H28O3/c1-18(19-2-8-23(27)9-3-19)20-14-16-26(17-15-20,21-4-10-24(28)11-5-21)22-6-12-25(29)13-7-22/h2-13,18,20,27-29H,14-17H2,1H3. The summed E-state index contributed by atoms with van der Waals surface area (Å²) >= 11 is 0. The minimum atomic E-state index is -0.105. The van der Waals surface area contributed by atoms with Gasteiger partial charge < -0.3 is 15.3 Å². The molecule has 4 rings (SSSR count). The fourth-order valence-electron chi connectivity index (χ4n) is 4.99. The molecule has 0 radical (unpaired) electrons. The Morgan fingerprint density at radius 3 is 1.45 bits per heavy atom. The first-order chi connectivity index (χ1) is 14.0. The van der Waals surface area contributed by atoms with Crippen molar-refractivity contribution in [2.75, 3.05) is 0 Å². The van der Waals surface area contributed by atoms with Crippen LogP contribution < -0.4 is 0 Å². The SMILES string of the molecule is CC(c1ccc(O)cc1)C1CCC(c2ccc(O)cc2)(c2ccc(O)cc2)CC1. The third-order valence-corrected chi connectivity index (χ3v) is 6.85. The Balaban J connectivity index is 1.62. The van der Waals surface area contributed by atoms with Crippen LogP contribution >= 0.6 is 0 Å². The molecule has 0 aliphatic heterocycles. The summed E-state index contributed by atoms with van der Waals surface area (Å²) in [5.74, 6) is 1.90. The largest absolute Gasteiger partial charge is 0.508 e. The van der Waals surface area contributed by atoms with Gasteiger partial charge >= 0.3 is 0 Å². The summed E-state index contributed by atoms with van der Waals surface area (Å²) in [7, 11) is 0. The molecule has 1 unspecified atom stereocenters. The summed E-state index contributed by atoms with van der Waals surface area (Å²) in [5.41, 5.74) is 3.61. The first-order valence-corrected chi connectivity index (χ1v) is 10.4. The highest BCUT2D eigenvalue weighted by Gasteiger charge is 2.39. The van der Waals surface area contributed by atoms with Gasteiger partial charge in [-0.2, -0.15) is 0 Å². The molecule has 1 aliphatic carbocycles. The first-order valence-electron chi connectivity index (χ1n) is 10.4. The Bertz CT molecular complexity index is 887. The van der Waals surface area contributed by atoms with Gasteiger partial charge in [-0.1, -0.05) is 43.3 Å². The maximum absolute atomic E-state index is 9.76. The molecule has 1 fully saturated rings. The molecule has 0 saturated heterocycles. The van der Waals surface area contributed by atoms with Gasteiger partial charge in [-0.3, -0.25) is 0 Å². The van der Waals surface area contributed by atoms with E-state index < -0.39 is 0 Å². The van der Waals surface area contributed by atoms with Crippen molar-refractivity contribution >= 4 is 0 Å². The highest BCUT2D eigenvalue weighted by atomic mass is 16.3. The average molecular weight is 389 g/mol. The van der Waals surface area contributed by atoms with Crippen molar-refractivity contribution in [3.63, 3.8) is 0 Å². The van der Waals surface area contributed by atoms with E-state index in [1.165, 1.54) is 16.7 Å². The summed E-state index contributed by atoms with van der Waals surface area (Å²) in [6.45, 7) is 2.28. The molecule has 3 N–H and O–H groups in total. The molecule has 3 nitrogen and oxygen atoms in total. The molecule has 0 amide bonds. The highest BCUT2D eigenvalue weighted by Crippen LogP contribution is 2.49. The van der Waals surface area contributed by atoms with Gasteiger partial charge in [0.1, 0.15) is 17.2 Å². The maximum atomic E-state index is 9.76. The van der Waals surface area contributed by atoms with Crippen molar-refractivity contribution in [3.05, 3.63) is 89.5 Å². The van der Waals surface area contributed by atoms with E-state index in [-0.39, 0.29) is 16.9 Å². The third kappa shape index (κ3) is 3.82. The number of benzene rings is 3. The molecule has 1 atom stereocenters. The van der Waals surface area contributed by atoms with Crippen LogP contribution in [0.5, 0.6) is 17.2 Å². The second kappa shape index (κ2) is 7.82. The van der Waals surface area contributed by atoms with Gasteiger partial charge in [-0.15, -0.1) is 0 Å². The van der Waals surface area contributed by atoms with Gasteiger partial charge in [0.05, 0.1) is 0 Å². The summed E-state index contributed by atoms with van der Waals surface area (Å²) in [5, 5.41) is 29.1. The lowest BCUT2D eigenvalue weighted by Gasteiger charge is -2.43. The van der Waals surface area contributed by atoms with Crippen molar-refractivity contribution in [1.29, 1.82) is 0 Å². The van der Waals surface area contributed by atoms with E-state index in [2.05, 4.69) is 6.92 Å². The molecule has 1 aliphatic rings. The van der Waals surface area contributed by atoms with Crippen molar-refractivity contribution < 1.29 is 15.3 Å². The Kier molecular flexibility index (Phi) is 5.23. The van der Waals surface area contributed by atoms with Crippen LogP contribution in [0.3, 0.4) is 0 Å².